The van der Waals surface area contributed by atoms with Gasteiger partial charge in [-0.2, -0.15) is 8.78 Å². The molecule has 0 N–H and O–H groups in total. The molecular formula is C10H9F2N3O. The van der Waals surface area contributed by atoms with Gasteiger partial charge in [-0.15, -0.1) is 0 Å². The topological polar surface area (TPSA) is 38.1 Å². The van der Waals surface area contributed by atoms with Crippen LogP contribution in [0, 0.1) is 0 Å². The number of nitrogens with zero attached hydrogens (tertiary/aromatic N) is 3. The molecule has 0 aliphatic carbocycles. The van der Waals surface area contributed by atoms with E-state index in [4.69, 9.17) is 0 Å². The van der Waals surface area contributed by atoms with Crippen LogP contribution >= 0.6 is 0 Å². The van der Waals surface area contributed by atoms with Crippen LogP contribution in [-0.2, 0) is 11.5 Å². The number of rotatable bonds is 2. The first-order chi connectivity index (χ1) is 7.65. The van der Waals surface area contributed by atoms with Gasteiger partial charge in [0.2, 0.25) is 5.91 Å². The summed E-state index contributed by atoms with van der Waals surface area (Å²) in [6.07, 6.45) is 3.01. The molecule has 0 aromatic carbocycles. The third-order valence-corrected chi connectivity index (χ3v) is 2.26. The van der Waals surface area contributed by atoms with Crippen LogP contribution in [0.15, 0.2) is 36.1 Å². The van der Waals surface area contributed by atoms with E-state index in [2.05, 4.69) is 4.98 Å². The van der Waals surface area contributed by atoms with Gasteiger partial charge in [-0.05, 0) is 5.73 Å². The maximum absolute atomic E-state index is 12.0. The van der Waals surface area contributed by atoms with Crippen molar-refractivity contribution < 1.29 is 13.6 Å². The van der Waals surface area contributed by atoms with E-state index < -0.39 is 6.08 Å². The third kappa shape index (κ3) is 2.35. The maximum atomic E-state index is 12.0. The minimum Gasteiger partial charge on any atom is -0.320 e. The van der Waals surface area contributed by atoms with E-state index in [1.807, 2.05) is 5.73 Å². The second-order valence-electron chi connectivity index (χ2n) is 3.48. The lowest BCUT2D eigenvalue weighted by atomic mass is 10.2. The van der Waals surface area contributed by atoms with E-state index in [-0.39, 0.29) is 18.9 Å². The Morgan fingerprint density at radius 3 is 3.00 bits per heavy atom. The second kappa shape index (κ2) is 4.28. The van der Waals surface area contributed by atoms with Crippen molar-refractivity contribution in [2.75, 3.05) is 6.54 Å². The average molecular weight is 225 g/mol. The minimum atomic E-state index is -1.88. The quantitative estimate of drug-likeness (QED) is 0.713. The molecule has 0 atom stereocenters. The van der Waals surface area contributed by atoms with E-state index in [0.717, 1.165) is 0 Å². The van der Waals surface area contributed by atoms with Gasteiger partial charge in [-0.1, -0.05) is 0 Å². The molecule has 0 bridgehead atoms. The highest BCUT2D eigenvalue weighted by Gasteiger charge is 2.24. The van der Waals surface area contributed by atoms with Crippen molar-refractivity contribution >= 4 is 5.91 Å². The van der Waals surface area contributed by atoms with Crippen molar-refractivity contribution in [3.63, 3.8) is 0 Å². The van der Waals surface area contributed by atoms with Crippen LogP contribution in [0.5, 0.6) is 0 Å². The van der Waals surface area contributed by atoms with Crippen LogP contribution in [0.25, 0.3) is 0 Å². The molecule has 1 aromatic rings. The fourth-order valence-corrected chi connectivity index (χ4v) is 1.58. The fraction of sp³-hybridized carbons (Fsp3) is 0.300. The normalized spacial score (nSPS) is 15.5. The number of amides is 1. The monoisotopic (exact) mass is 225 g/mol. The van der Waals surface area contributed by atoms with Crippen LogP contribution < -0.4 is 0 Å². The van der Waals surface area contributed by atoms with Crippen LogP contribution in [0.2, 0.25) is 0 Å². The molecule has 16 heavy (non-hydrogen) atoms. The second-order valence-corrected chi connectivity index (χ2v) is 3.48. The molecule has 0 radical (unpaired) electrons. The van der Waals surface area contributed by atoms with E-state index in [0.29, 0.717) is 12.2 Å². The molecular weight excluding hydrogens is 216 g/mol. The Labute approximate surface area is 90.5 Å². The molecule has 1 aliphatic heterocycles. The first kappa shape index (κ1) is 10.6. The maximum Gasteiger partial charge on any atom is 0.313 e. The number of hydrogen-bond donors (Lipinski definition) is 0. The minimum absolute atomic E-state index is 0.0199. The van der Waals surface area contributed by atoms with Gasteiger partial charge in [0.25, 0.3) is 0 Å². The van der Waals surface area contributed by atoms with Gasteiger partial charge in [0.1, 0.15) is 0 Å². The molecule has 2 rings (SSSR count). The lowest BCUT2D eigenvalue weighted by molar-refractivity contribution is -0.129. The molecule has 4 nitrogen and oxygen atoms in total. The first-order valence-electron chi connectivity index (χ1n) is 4.68. The van der Waals surface area contributed by atoms with Gasteiger partial charge in [-0.3, -0.25) is 4.79 Å². The first-order valence-corrected chi connectivity index (χ1v) is 4.68. The Morgan fingerprint density at radius 1 is 1.56 bits per heavy atom. The summed E-state index contributed by atoms with van der Waals surface area (Å²) in [7, 11) is 0. The van der Waals surface area contributed by atoms with Crippen molar-refractivity contribution in [1.82, 2.24) is 14.5 Å². The summed E-state index contributed by atoms with van der Waals surface area (Å²) in [4.78, 5) is 16.8. The molecule has 0 spiro atoms. The molecule has 1 fully saturated rings. The summed E-state index contributed by atoms with van der Waals surface area (Å²) in [6, 6.07) is 0. The summed E-state index contributed by atoms with van der Waals surface area (Å²) < 4.78 is 25.6. The van der Waals surface area contributed by atoms with E-state index >= 15 is 0 Å². The molecule has 1 aromatic heterocycles. The van der Waals surface area contributed by atoms with Crippen molar-refractivity contribution in [2.45, 2.75) is 13.1 Å². The Bertz CT molecular complexity index is 456. The third-order valence-electron chi connectivity index (χ3n) is 2.26. The van der Waals surface area contributed by atoms with Crippen LogP contribution in [0.4, 0.5) is 8.78 Å². The van der Waals surface area contributed by atoms with Crippen molar-refractivity contribution in [3.8, 4) is 0 Å². The smallest absolute Gasteiger partial charge is 0.313 e. The lowest BCUT2D eigenvalue weighted by Crippen LogP contribution is -2.26. The predicted molar refractivity (Wildman–Crippen MR) is 51.3 cm³/mol. The van der Waals surface area contributed by atoms with Crippen molar-refractivity contribution in [2.24, 2.45) is 0 Å². The number of hydrogen-bond acceptors (Lipinski definition) is 2. The van der Waals surface area contributed by atoms with Gasteiger partial charge in [0.05, 0.1) is 26.0 Å². The van der Waals surface area contributed by atoms with Gasteiger partial charge >= 0.3 is 6.08 Å². The van der Waals surface area contributed by atoms with Crippen molar-refractivity contribution in [1.29, 1.82) is 0 Å². The molecule has 1 aliphatic rings. The summed E-state index contributed by atoms with van der Waals surface area (Å²) in [6.45, 7) is 0.534. The summed E-state index contributed by atoms with van der Waals surface area (Å²) in [5.41, 5.74) is 2.22. The predicted octanol–water partition coefficient (Wildman–Crippen LogP) is 1.38. The van der Waals surface area contributed by atoms with Crippen LogP contribution in [0.3, 0.4) is 0 Å². The Kier molecular flexibility index (Phi) is 2.83. The summed E-state index contributed by atoms with van der Waals surface area (Å²) in [5, 5.41) is 0. The average Bonchev–Trinajstić information content (AvgIpc) is 2.77. The fourth-order valence-electron chi connectivity index (χ4n) is 1.58. The summed E-state index contributed by atoms with van der Waals surface area (Å²) >= 11 is 0. The number of halogens is 2. The Hall–Kier alpha value is -1.94. The van der Waals surface area contributed by atoms with E-state index in [9.17, 15) is 13.6 Å². The lowest BCUT2D eigenvalue weighted by Gasteiger charge is -2.14. The van der Waals surface area contributed by atoms with Crippen LogP contribution in [0.1, 0.15) is 6.42 Å². The van der Waals surface area contributed by atoms with E-state index in [1.54, 1.807) is 23.3 Å². The van der Waals surface area contributed by atoms with Gasteiger partial charge in [0, 0.05) is 18.0 Å². The van der Waals surface area contributed by atoms with Gasteiger partial charge in [0.15, 0.2) is 0 Å². The molecule has 6 heteroatoms. The van der Waals surface area contributed by atoms with Crippen molar-refractivity contribution in [3.05, 3.63) is 36.1 Å². The Balaban J connectivity index is 2.09. The highest BCUT2D eigenvalue weighted by molar-refractivity contribution is 5.81. The molecule has 1 amide bonds. The molecule has 84 valence electrons. The van der Waals surface area contributed by atoms with Gasteiger partial charge < -0.3 is 9.47 Å². The number of carbonyl (C=O) groups excluding carboxylic acids is 1. The molecule has 0 saturated carbocycles. The molecule has 0 unspecified atom stereocenters. The zero-order chi connectivity index (χ0) is 11.5. The van der Waals surface area contributed by atoms with Crippen LogP contribution in [-0.4, -0.2) is 26.9 Å². The Morgan fingerprint density at radius 2 is 2.38 bits per heavy atom. The highest BCUT2D eigenvalue weighted by atomic mass is 19.3. The number of imidazole rings is 1. The zero-order valence-corrected chi connectivity index (χ0v) is 8.36. The number of carbonyl (C=O) groups is 1. The highest BCUT2D eigenvalue weighted by Crippen LogP contribution is 2.17. The number of likely N-dealkylation sites (tertiary alicyclic amines) is 1. The zero-order valence-electron chi connectivity index (χ0n) is 8.36. The van der Waals surface area contributed by atoms with Gasteiger partial charge in [-0.25, -0.2) is 4.98 Å². The summed E-state index contributed by atoms with van der Waals surface area (Å²) in [5.74, 6) is -0.169. The number of aromatic nitrogens is 2. The molecule has 2 heterocycles. The standard InChI is InChI=1S/C10H9F2N3O/c11-9(12)3-8-4-10(16)15(5-8)7-14-2-1-13-6-14/h1-2,6H,4-5,7H2. The SMILES string of the molecule is O=C1CC(=C=C(F)F)CN1Cn1ccnc1. The largest absolute Gasteiger partial charge is 0.320 e. The molecule has 1 saturated heterocycles. The van der Waals surface area contributed by atoms with E-state index in [1.165, 1.54) is 4.90 Å².